The Morgan fingerprint density at radius 2 is 1.92 bits per heavy atom. The van der Waals surface area contributed by atoms with Crippen LogP contribution in [0.1, 0.15) is 65.2 Å². The van der Waals surface area contributed by atoms with Crippen LogP contribution in [0.25, 0.3) is 0 Å². The van der Waals surface area contributed by atoms with Crippen LogP contribution >= 0.6 is 0 Å². The first-order valence-corrected chi connectivity index (χ1v) is 10.3. The Bertz CT molecular complexity index is 666. The third kappa shape index (κ3) is 2.10. The van der Waals surface area contributed by atoms with Crippen molar-refractivity contribution < 1.29 is 9.47 Å². The molecule has 1 saturated heterocycles. The summed E-state index contributed by atoms with van der Waals surface area (Å²) in [6.45, 7) is 10.7. The van der Waals surface area contributed by atoms with Crippen LogP contribution in [0.15, 0.2) is 35.5 Å². The lowest BCUT2D eigenvalue weighted by Gasteiger charge is -2.51. The standard InChI is InChI=1S/C23H32O2/c1-4-21(2)10-9-20-19-6-5-16-15-23(24-13-14-25-23)12-8-17(16)18(19)7-11-22(20,21)3/h4,7,19-20H,1,5-6,8-15H2,2-3H3/t19-,20+,21+,22+/m1/s1. The second kappa shape index (κ2) is 5.33. The van der Waals surface area contributed by atoms with Crippen molar-refractivity contribution in [3.63, 3.8) is 0 Å². The van der Waals surface area contributed by atoms with Gasteiger partial charge in [0.15, 0.2) is 5.79 Å². The van der Waals surface area contributed by atoms with Crippen molar-refractivity contribution in [2.75, 3.05) is 13.2 Å². The summed E-state index contributed by atoms with van der Waals surface area (Å²) >= 11 is 0. The van der Waals surface area contributed by atoms with E-state index in [4.69, 9.17) is 9.47 Å². The van der Waals surface area contributed by atoms with Gasteiger partial charge in [-0.15, -0.1) is 6.58 Å². The molecule has 0 aromatic rings. The molecule has 4 atom stereocenters. The van der Waals surface area contributed by atoms with E-state index in [9.17, 15) is 0 Å². The highest BCUT2D eigenvalue weighted by molar-refractivity contribution is 5.45. The highest BCUT2D eigenvalue weighted by Crippen LogP contribution is 2.66. The Morgan fingerprint density at radius 3 is 2.68 bits per heavy atom. The van der Waals surface area contributed by atoms with Crippen molar-refractivity contribution in [3.8, 4) is 0 Å². The van der Waals surface area contributed by atoms with E-state index >= 15 is 0 Å². The Balaban J connectivity index is 1.49. The molecule has 5 rings (SSSR count). The first-order chi connectivity index (χ1) is 12.0. The smallest absolute Gasteiger partial charge is 0.172 e. The summed E-state index contributed by atoms with van der Waals surface area (Å²) in [6.07, 6.45) is 14.6. The van der Waals surface area contributed by atoms with Gasteiger partial charge in [0.1, 0.15) is 0 Å². The molecule has 1 aliphatic heterocycles. The minimum absolute atomic E-state index is 0.274. The summed E-state index contributed by atoms with van der Waals surface area (Å²) in [4.78, 5) is 0. The second-order valence-electron chi connectivity index (χ2n) is 9.56. The zero-order valence-electron chi connectivity index (χ0n) is 15.9. The van der Waals surface area contributed by atoms with Crippen LogP contribution < -0.4 is 0 Å². The summed E-state index contributed by atoms with van der Waals surface area (Å²) in [5, 5.41) is 0. The van der Waals surface area contributed by atoms with Crippen molar-refractivity contribution in [1.82, 2.24) is 0 Å². The van der Waals surface area contributed by atoms with Crippen LogP contribution in [-0.2, 0) is 9.47 Å². The van der Waals surface area contributed by atoms with Crippen molar-refractivity contribution in [3.05, 3.63) is 35.5 Å². The van der Waals surface area contributed by atoms with E-state index in [-0.39, 0.29) is 5.79 Å². The largest absolute Gasteiger partial charge is 0.347 e. The minimum Gasteiger partial charge on any atom is -0.347 e. The molecular weight excluding hydrogens is 308 g/mol. The predicted octanol–water partition coefficient (Wildman–Crippen LogP) is 5.56. The molecule has 0 N–H and O–H groups in total. The highest BCUT2D eigenvalue weighted by atomic mass is 16.7. The molecule has 2 nitrogen and oxygen atoms in total. The Morgan fingerprint density at radius 1 is 1.12 bits per heavy atom. The average molecular weight is 341 g/mol. The lowest BCUT2D eigenvalue weighted by atomic mass is 9.54. The van der Waals surface area contributed by atoms with Crippen molar-refractivity contribution >= 4 is 0 Å². The fraction of sp³-hybridized carbons (Fsp3) is 0.739. The van der Waals surface area contributed by atoms with E-state index in [1.54, 1.807) is 16.7 Å². The first-order valence-electron chi connectivity index (χ1n) is 10.3. The van der Waals surface area contributed by atoms with E-state index in [0.717, 1.165) is 44.3 Å². The van der Waals surface area contributed by atoms with Crippen molar-refractivity contribution in [2.24, 2.45) is 22.7 Å². The van der Waals surface area contributed by atoms with E-state index in [1.807, 2.05) is 0 Å². The quantitative estimate of drug-likeness (QED) is 0.582. The molecule has 136 valence electrons. The monoisotopic (exact) mass is 340 g/mol. The van der Waals surface area contributed by atoms with Gasteiger partial charge < -0.3 is 9.47 Å². The fourth-order valence-corrected chi connectivity index (χ4v) is 6.92. The molecule has 5 aliphatic rings. The average Bonchev–Trinajstić information content (AvgIpc) is 3.18. The number of hydrogen-bond acceptors (Lipinski definition) is 2. The van der Waals surface area contributed by atoms with Gasteiger partial charge in [-0.1, -0.05) is 31.6 Å². The summed E-state index contributed by atoms with van der Waals surface area (Å²) in [5.41, 5.74) is 5.74. The van der Waals surface area contributed by atoms with Gasteiger partial charge in [0, 0.05) is 12.8 Å². The molecule has 0 amide bonds. The molecule has 1 saturated carbocycles. The van der Waals surface area contributed by atoms with E-state index in [1.165, 1.54) is 32.1 Å². The van der Waals surface area contributed by atoms with Crippen LogP contribution in [0.5, 0.6) is 0 Å². The molecule has 4 aliphatic carbocycles. The molecular formula is C23H32O2. The van der Waals surface area contributed by atoms with Gasteiger partial charge in [0.2, 0.25) is 0 Å². The van der Waals surface area contributed by atoms with Gasteiger partial charge in [-0.05, 0) is 72.3 Å². The molecule has 0 aromatic carbocycles. The number of rotatable bonds is 1. The van der Waals surface area contributed by atoms with Gasteiger partial charge in [0.05, 0.1) is 13.2 Å². The van der Waals surface area contributed by atoms with Gasteiger partial charge in [-0.2, -0.15) is 0 Å². The lowest BCUT2D eigenvalue weighted by Crippen LogP contribution is -2.43. The number of hydrogen-bond donors (Lipinski definition) is 0. The molecule has 0 unspecified atom stereocenters. The molecule has 0 radical (unpaired) electrons. The molecule has 0 bridgehead atoms. The third-order valence-electron chi connectivity index (χ3n) is 8.76. The Hall–Kier alpha value is -0.860. The Kier molecular flexibility index (Phi) is 3.48. The summed E-state index contributed by atoms with van der Waals surface area (Å²) in [7, 11) is 0. The molecule has 1 heterocycles. The molecule has 2 heteroatoms. The molecule has 0 aromatic heterocycles. The third-order valence-corrected chi connectivity index (χ3v) is 8.76. The van der Waals surface area contributed by atoms with Crippen LogP contribution in [0.3, 0.4) is 0 Å². The maximum atomic E-state index is 6.01. The maximum Gasteiger partial charge on any atom is 0.172 e. The number of fused-ring (bicyclic) bond motifs is 4. The van der Waals surface area contributed by atoms with Crippen molar-refractivity contribution in [2.45, 2.75) is 71.0 Å². The van der Waals surface area contributed by atoms with E-state index < -0.39 is 0 Å². The summed E-state index contributed by atoms with van der Waals surface area (Å²) < 4.78 is 12.0. The normalized spacial score (nSPS) is 45.0. The zero-order chi connectivity index (χ0) is 17.3. The molecule has 1 spiro atoms. The maximum absolute atomic E-state index is 6.01. The van der Waals surface area contributed by atoms with E-state index in [0.29, 0.717) is 10.8 Å². The lowest BCUT2D eigenvalue weighted by molar-refractivity contribution is -0.164. The van der Waals surface area contributed by atoms with E-state index in [2.05, 4.69) is 32.6 Å². The summed E-state index contributed by atoms with van der Waals surface area (Å²) in [5.74, 6) is 1.34. The van der Waals surface area contributed by atoms with Gasteiger partial charge >= 0.3 is 0 Å². The number of ether oxygens (including phenoxy) is 2. The predicted molar refractivity (Wildman–Crippen MR) is 100 cm³/mol. The topological polar surface area (TPSA) is 18.5 Å². The van der Waals surface area contributed by atoms with Crippen molar-refractivity contribution in [1.29, 1.82) is 0 Å². The van der Waals surface area contributed by atoms with Gasteiger partial charge in [-0.3, -0.25) is 0 Å². The first kappa shape index (κ1) is 16.3. The molecule has 25 heavy (non-hydrogen) atoms. The van der Waals surface area contributed by atoms with Crippen LogP contribution in [0.2, 0.25) is 0 Å². The van der Waals surface area contributed by atoms with Crippen LogP contribution in [0.4, 0.5) is 0 Å². The summed E-state index contributed by atoms with van der Waals surface area (Å²) in [6, 6.07) is 0. The molecule has 2 fully saturated rings. The highest BCUT2D eigenvalue weighted by Gasteiger charge is 2.57. The SMILES string of the molecule is C=C[C@@]1(C)CC[C@H]2[C@@H]3CCC4=C(CCC5(C4)OCCO5)C3=CC[C@@]21C. The Labute approximate surface area is 152 Å². The second-order valence-corrected chi connectivity index (χ2v) is 9.56. The van der Waals surface area contributed by atoms with Crippen LogP contribution in [-0.4, -0.2) is 19.0 Å². The van der Waals surface area contributed by atoms with Gasteiger partial charge in [-0.25, -0.2) is 0 Å². The fourth-order valence-electron chi connectivity index (χ4n) is 6.92. The number of allylic oxidation sites excluding steroid dienone is 4. The minimum atomic E-state index is -0.274. The zero-order valence-corrected chi connectivity index (χ0v) is 15.9. The van der Waals surface area contributed by atoms with Crippen LogP contribution in [0, 0.1) is 22.7 Å². The van der Waals surface area contributed by atoms with Gasteiger partial charge in [0.25, 0.3) is 0 Å².